The number of likely N-dealkylation sites (tertiary alicyclic amines) is 1. The van der Waals surface area contributed by atoms with Crippen LogP contribution < -0.4 is 10.5 Å². The number of rotatable bonds is 11. The van der Waals surface area contributed by atoms with Crippen molar-refractivity contribution in [2.24, 2.45) is 11.7 Å². The molecule has 24 heteroatoms. The van der Waals surface area contributed by atoms with E-state index in [4.69, 9.17) is 40.2 Å². The van der Waals surface area contributed by atoms with E-state index in [0.717, 1.165) is 17.4 Å². The fourth-order valence-corrected chi connectivity index (χ4v) is 5.58. The van der Waals surface area contributed by atoms with Crippen LogP contribution in [-0.4, -0.2) is 99.4 Å². The van der Waals surface area contributed by atoms with Gasteiger partial charge in [-0.1, -0.05) is 0 Å². The van der Waals surface area contributed by atoms with Crippen LogP contribution in [0.2, 0.25) is 0 Å². The van der Waals surface area contributed by atoms with Gasteiger partial charge in [-0.3, -0.25) is 24.5 Å². The molecular formula is C26H26F7N3O12S2. The van der Waals surface area contributed by atoms with E-state index in [0.29, 0.717) is 24.3 Å². The number of nitrogens with one attached hydrogen (secondary N) is 1. The summed E-state index contributed by atoms with van der Waals surface area (Å²) in [5.74, 6) is -12.3. The van der Waals surface area contributed by atoms with Crippen LogP contribution in [0, 0.1) is 17.1 Å². The molecular weight excluding hydrogens is 743 g/mol. The lowest BCUT2D eigenvalue weighted by Crippen LogP contribution is -2.38. The summed E-state index contributed by atoms with van der Waals surface area (Å²) in [6.07, 6.45) is -9.57. The second-order valence-corrected chi connectivity index (χ2v) is 12.6. The van der Waals surface area contributed by atoms with E-state index >= 15 is 0 Å². The van der Waals surface area contributed by atoms with Crippen LogP contribution in [0.1, 0.15) is 39.4 Å². The van der Waals surface area contributed by atoms with Crippen LogP contribution >= 0.6 is 11.3 Å². The van der Waals surface area contributed by atoms with E-state index in [9.17, 15) is 58.6 Å². The Bertz CT molecular complexity index is 1670. The van der Waals surface area contributed by atoms with Crippen LogP contribution in [0.5, 0.6) is 5.75 Å². The lowest BCUT2D eigenvalue weighted by atomic mass is 9.98. The number of ketones is 1. The third kappa shape index (κ3) is 14.8. The number of amidine groups is 1. The maximum Gasteiger partial charge on any atom is 0.490 e. The predicted molar refractivity (Wildman–Crippen MR) is 155 cm³/mol. The average Bonchev–Trinajstić information content (AvgIpc) is 3.62. The number of carboxylic acids is 3. The molecule has 2 atom stereocenters. The Labute approximate surface area is 280 Å². The van der Waals surface area contributed by atoms with Gasteiger partial charge in [0.05, 0.1) is 17.7 Å². The van der Waals surface area contributed by atoms with E-state index in [1.807, 2.05) is 4.90 Å². The number of carboxylic acid groups (broad SMARTS) is 3. The zero-order valence-electron chi connectivity index (χ0n) is 24.8. The number of nitrogens with zero attached hydrogens (tertiary/aromatic N) is 1. The third-order valence-electron chi connectivity index (χ3n) is 6.10. The van der Waals surface area contributed by atoms with E-state index in [1.165, 1.54) is 18.2 Å². The standard InChI is InChI=1S/C22H24FN3O8S2.2C2HF3O2/c23-15-8-12(20(24)25)3-5-18(15)34-22(30)19-6-4-14(35-19)10-26-7-1-2-16(26)17(27)9-13(21(28)29)11-36(31,32)33;2*3-2(4,5)1(6)7/h3-6,8,13,16H,1-2,7,9-11H2,(H3,24,25)(H,28,29)(H,31,32,33);2*(H,6,7)/t13-,16-;;/m0../s1. The summed E-state index contributed by atoms with van der Waals surface area (Å²) in [6.45, 7) is 0.823. The van der Waals surface area contributed by atoms with Gasteiger partial charge >= 0.3 is 36.2 Å². The molecule has 15 nitrogen and oxygen atoms in total. The summed E-state index contributed by atoms with van der Waals surface area (Å²) < 4.78 is 114. The topological polar surface area (TPSA) is 263 Å². The number of halogens is 7. The van der Waals surface area contributed by atoms with Crippen LogP contribution in [0.25, 0.3) is 0 Å². The number of Topliss-reactive ketones (excluding diaryl/α,β-unsaturated/α-hetero) is 1. The first-order chi connectivity index (χ1) is 22.7. The first kappa shape index (κ1) is 43.3. The Morgan fingerprint density at radius 1 is 1.00 bits per heavy atom. The number of nitrogen functional groups attached to an aromatic ring is 1. The van der Waals surface area contributed by atoms with Gasteiger partial charge in [0.25, 0.3) is 10.1 Å². The summed E-state index contributed by atoms with van der Waals surface area (Å²) in [7, 11) is -4.56. The largest absolute Gasteiger partial charge is 0.490 e. The zero-order valence-corrected chi connectivity index (χ0v) is 26.5. The Morgan fingerprint density at radius 2 is 1.54 bits per heavy atom. The number of carbonyl (C=O) groups is 5. The molecule has 1 aromatic carbocycles. The smallest absolute Gasteiger partial charge is 0.481 e. The van der Waals surface area contributed by atoms with Crippen molar-refractivity contribution in [3.8, 4) is 5.75 Å². The number of esters is 1. The summed E-state index contributed by atoms with van der Waals surface area (Å²) in [5.41, 5.74) is 5.46. The highest BCUT2D eigenvalue weighted by atomic mass is 32.2. The Kier molecular flexibility index (Phi) is 15.4. The molecule has 0 amide bonds. The molecule has 0 spiro atoms. The molecule has 278 valence electrons. The number of ether oxygens (including phenoxy) is 1. The van der Waals surface area contributed by atoms with Crippen LogP contribution in [0.4, 0.5) is 30.7 Å². The molecule has 1 fully saturated rings. The van der Waals surface area contributed by atoms with Crippen molar-refractivity contribution in [2.45, 2.75) is 44.2 Å². The van der Waals surface area contributed by atoms with Crippen molar-refractivity contribution in [2.75, 3.05) is 12.3 Å². The van der Waals surface area contributed by atoms with Crippen molar-refractivity contribution in [3.05, 3.63) is 51.5 Å². The number of hydrogen-bond donors (Lipinski definition) is 6. The molecule has 1 saturated heterocycles. The Morgan fingerprint density at radius 3 is 1.98 bits per heavy atom. The first-order valence-electron chi connectivity index (χ1n) is 13.2. The van der Waals surface area contributed by atoms with Crippen molar-refractivity contribution >= 4 is 57.0 Å². The SMILES string of the molecule is N=C(N)c1ccc(OC(=O)c2ccc(CN3CCC[C@H]3C(=O)C[C@@H](CS(=O)(=O)O)C(=O)O)s2)c(F)c1.O=C(O)C(F)(F)F.O=C(O)C(F)(F)F. The van der Waals surface area contributed by atoms with Gasteiger partial charge in [0, 0.05) is 23.4 Å². The molecule has 0 aliphatic carbocycles. The maximum atomic E-state index is 14.2. The van der Waals surface area contributed by atoms with Crippen molar-refractivity contribution in [1.82, 2.24) is 4.90 Å². The number of hydrogen-bond acceptors (Lipinski definition) is 11. The van der Waals surface area contributed by atoms with Crippen LogP contribution in [0.3, 0.4) is 0 Å². The molecule has 3 rings (SSSR count). The maximum absolute atomic E-state index is 14.2. The van der Waals surface area contributed by atoms with E-state index < -0.39 is 82.1 Å². The van der Waals surface area contributed by atoms with Gasteiger partial charge in [-0.25, -0.2) is 18.8 Å². The minimum atomic E-state index is -5.08. The third-order valence-corrected chi connectivity index (χ3v) is 7.97. The van der Waals surface area contributed by atoms with Gasteiger partial charge < -0.3 is 25.8 Å². The summed E-state index contributed by atoms with van der Waals surface area (Å²) >= 11 is 1.09. The first-order valence-corrected chi connectivity index (χ1v) is 15.6. The predicted octanol–water partition coefficient (Wildman–Crippen LogP) is 3.17. The molecule has 2 heterocycles. The highest BCUT2D eigenvalue weighted by Crippen LogP contribution is 2.28. The minimum absolute atomic E-state index is 0.146. The molecule has 0 radical (unpaired) electrons. The Balaban J connectivity index is 0.000000748. The molecule has 1 aromatic heterocycles. The number of thiophene rings is 1. The molecule has 2 aromatic rings. The molecule has 0 saturated carbocycles. The average molecular weight is 770 g/mol. The van der Waals surface area contributed by atoms with Gasteiger partial charge in [0.2, 0.25) is 0 Å². The highest BCUT2D eigenvalue weighted by Gasteiger charge is 2.39. The number of nitrogens with two attached hydrogens (primary N) is 1. The second-order valence-electron chi connectivity index (χ2n) is 9.90. The summed E-state index contributed by atoms with van der Waals surface area (Å²) in [5, 5.41) is 30.8. The molecule has 1 aliphatic rings. The highest BCUT2D eigenvalue weighted by molar-refractivity contribution is 7.85. The number of benzene rings is 1. The number of aliphatic carboxylic acids is 3. The van der Waals surface area contributed by atoms with Gasteiger partial charge in [-0.15, -0.1) is 11.3 Å². The van der Waals surface area contributed by atoms with E-state index in [1.54, 1.807) is 6.07 Å². The van der Waals surface area contributed by atoms with Gasteiger partial charge in [0.1, 0.15) is 10.7 Å². The van der Waals surface area contributed by atoms with Gasteiger partial charge in [-0.2, -0.15) is 34.8 Å². The molecule has 0 bridgehead atoms. The van der Waals surface area contributed by atoms with Gasteiger partial charge in [-0.05, 0) is 49.7 Å². The Hall–Kier alpha value is -4.68. The molecule has 0 unspecified atom stereocenters. The molecule has 7 N–H and O–H groups in total. The van der Waals surface area contributed by atoms with Gasteiger partial charge in [0.15, 0.2) is 17.3 Å². The van der Waals surface area contributed by atoms with Crippen molar-refractivity contribution in [3.63, 3.8) is 0 Å². The monoisotopic (exact) mass is 769 g/mol. The number of alkyl halides is 6. The van der Waals surface area contributed by atoms with Crippen LogP contribution in [0.15, 0.2) is 30.3 Å². The van der Waals surface area contributed by atoms with Crippen LogP contribution in [-0.2, 0) is 35.8 Å². The normalized spacial score (nSPS) is 15.4. The van der Waals surface area contributed by atoms with Crippen molar-refractivity contribution in [1.29, 1.82) is 5.41 Å². The second kappa shape index (κ2) is 17.8. The van der Waals surface area contributed by atoms with Crippen molar-refractivity contribution < 1.29 is 87.7 Å². The summed E-state index contributed by atoms with van der Waals surface area (Å²) in [6, 6.07) is 6.08. The zero-order chi connectivity index (χ0) is 38.8. The lowest BCUT2D eigenvalue weighted by Gasteiger charge is -2.23. The fourth-order valence-electron chi connectivity index (χ4n) is 3.90. The quantitative estimate of drug-likeness (QED) is 0.0479. The minimum Gasteiger partial charge on any atom is -0.481 e. The van der Waals surface area contributed by atoms with E-state index in [-0.39, 0.29) is 28.6 Å². The van der Waals surface area contributed by atoms with E-state index in [2.05, 4.69) is 0 Å². The fraction of sp³-hybridized carbons (Fsp3) is 0.385. The molecule has 50 heavy (non-hydrogen) atoms. The lowest BCUT2D eigenvalue weighted by molar-refractivity contribution is -0.193. The molecule has 1 aliphatic heterocycles. The number of carbonyl (C=O) groups excluding carboxylic acids is 2. The summed E-state index contributed by atoms with van der Waals surface area (Å²) in [4.78, 5) is 57.1.